The number of ketones is 1. The van der Waals surface area contributed by atoms with E-state index in [0.717, 1.165) is 29.8 Å². The van der Waals surface area contributed by atoms with Crippen molar-refractivity contribution >= 4 is 5.78 Å². The van der Waals surface area contributed by atoms with Crippen LogP contribution in [0.2, 0.25) is 0 Å². The minimum absolute atomic E-state index is 0.0806. The fourth-order valence-electron chi connectivity index (χ4n) is 2.16. The monoisotopic (exact) mass is 274 g/mol. The number of rotatable bonds is 6. The Labute approximate surface area is 118 Å². The molecule has 20 heavy (non-hydrogen) atoms. The molecule has 1 aromatic carbocycles. The van der Waals surface area contributed by atoms with Crippen LogP contribution in [-0.4, -0.2) is 15.6 Å². The summed E-state index contributed by atoms with van der Waals surface area (Å²) in [5.74, 6) is -0.203. The van der Waals surface area contributed by atoms with Gasteiger partial charge in [0.1, 0.15) is 12.4 Å². The summed E-state index contributed by atoms with van der Waals surface area (Å²) < 4.78 is 14.6. The molecule has 3 nitrogen and oxygen atoms in total. The molecule has 4 heteroatoms. The van der Waals surface area contributed by atoms with Gasteiger partial charge in [0, 0.05) is 12.1 Å². The van der Waals surface area contributed by atoms with E-state index in [-0.39, 0.29) is 18.1 Å². The lowest BCUT2D eigenvalue weighted by Crippen LogP contribution is -2.15. The van der Waals surface area contributed by atoms with Gasteiger partial charge in [0.15, 0.2) is 5.78 Å². The van der Waals surface area contributed by atoms with Crippen LogP contribution >= 0.6 is 0 Å². The highest BCUT2D eigenvalue weighted by Crippen LogP contribution is 2.08. The lowest BCUT2D eigenvalue weighted by atomic mass is 10.1. The number of hydrogen-bond acceptors (Lipinski definition) is 2. The van der Waals surface area contributed by atoms with Gasteiger partial charge in [-0.05, 0) is 36.6 Å². The van der Waals surface area contributed by atoms with Crippen LogP contribution in [0.15, 0.2) is 30.3 Å². The summed E-state index contributed by atoms with van der Waals surface area (Å²) in [5.41, 5.74) is 2.92. The van der Waals surface area contributed by atoms with Crippen LogP contribution in [0, 0.1) is 5.82 Å². The van der Waals surface area contributed by atoms with Gasteiger partial charge in [0.2, 0.25) is 0 Å². The molecule has 0 aliphatic rings. The van der Waals surface area contributed by atoms with E-state index in [2.05, 4.69) is 12.0 Å². The molecular formula is C16H19FN2O. The highest BCUT2D eigenvalue weighted by atomic mass is 19.1. The van der Waals surface area contributed by atoms with Gasteiger partial charge in [-0.25, -0.2) is 4.39 Å². The van der Waals surface area contributed by atoms with Crippen molar-refractivity contribution in [3.8, 4) is 0 Å². The van der Waals surface area contributed by atoms with E-state index in [1.165, 1.54) is 12.1 Å². The largest absolute Gasteiger partial charge is 0.297 e. The molecule has 0 aliphatic heterocycles. The zero-order valence-electron chi connectivity index (χ0n) is 11.9. The fourth-order valence-corrected chi connectivity index (χ4v) is 2.16. The number of halogens is 1. The average Bonchev–Trinajstić information content (AvgIpc) is 2.83. The van der Waals surface area contributed by atoms with Crippen LogP contribution in [0.4, 0.5) is 4.39 Å². The van der Waals surface area contributed by atoms with E-state index in [9.17, 15) is 9.18 Å². The minimum Gasteiger partial charge on any atom is -0.297 e. The first-order chi connectivity index (χ1) is 9.62. The maximum Gasteiger partial charge on any atom is 0.158 e. The molecule has 0 amide bonds. The fraction of sp³-hybridized carbons (Fsp3) is 0.375. The molecule has 1 heterocycles. The molecule has 0 aliphatic carbocycles. The second-order valence-electron chi connectivity index (χ2n) is 4.83. The molecule has 106 valence electrons. The maximum absolute atomic E-state index is 12.8. The van der Waals surface area contributed by atoms with Crippen LogP contribution in [0.1, 0.15) is 30.8 Å². The Morgan fingerprint density at radius 2 is 1.90 bits per heavy atom. The molecule has 0 bridgehead atoms. The van der Waals surface area contributed by atoms with Gasteiger partial charge in [-0.15, -0.1) is 0 Å². The molecule has 1 aromatic heterocycles. The topological polar surface area (TPSA) is 34.9 Å². The van der Waals surface area contributed by atoms with Gasteiger partial charge in [-0.2, -0.15) is 5.10 Å². The quantitative estimate of drug-likeness (QED) is 0.811. The van der Waals surface area contributed by atoms with Gasteiger partial charge < -0.3 is 0 Å². The number of aryl methyl sites for hydroxylation is 2. The predicted molar refractivity (Wildman–Crippen MR) is 76.1 cm³/mol. The van der Waals surface area contributed by atoms with Crippen molar-refractivity contribution < 1.29 is 9.18 Å². The Bertz CT molecular complexity index is 587. The van der Waals surface area contributed by atoms with Crippen LogP contribution in [0.25, 0.3) is 0 Å². The van der Waals surface area contributed by atoms with Crippen molar-refractivity contribution in [2.45, 2.75) is 39.7 Å². The summed E-state index contributed by atoms with van der Waals surface area (Å²) >= 11 is 0. The summed E-state index contributed by atoms with van der Waals surface area (Å²) in [6.07, 6.45) is 2.04. The third-order valence-electron chi connectivity index (χ3n) is 3.28. The summed E-state index contributed by atoms with van der Waals surface area (Å²) in [5, 5.41) is 4.43. The third-order valence-corrected chi connectivity index (χ3v) is 3.28. The number of benzene rings is 1. The minimum atomic E-state index is -0.283. The molecule has 0 radical (unpaired) electrons. The molecule has 0 saturated carbocycles. The van der Waals surface area contributed by atoms with Gasteiger partial charge >= 0.3 is 0 Å². The van der Waals surface area contributed by atoms with E-state index in [1.54, 1.807) is 16.8 Å². The summed E-state index contributed by atoms with van der Waals surface area (Å²) in [6, 6.07) is 8.10. The highest BCUT2D eigenvalue weighted by Gasteiger charge is 2.10. The molecule has 0 atom stereocenters. The number of nitrogens with zero attached hydrogens (tertiary/aromatic N) is 2. The lowest BCUT2D eigenvalue weighted by Gasteiger charge is -2.05. The average molecular weight is 274 g/mol. The van der Waals surface area contributed by atoms with Crippen molar-refractivity contribution in [1.29, 1.82) is 0 Å². The maximum atomic E-state index is 12.8. The first-order valence-corrected chi connectivity index (χ1v) is 6.94. The van der Waals surface area contributed by atoms with E-state index < -0.39 is 0 Å². The standard InChI is InChI=1S/C16H19FN2O/c1-3-14-10-15(4-2)19(18-14)11-16(20)9-12-5-7-13(17)8-6-12/h5-8,10H,3-4,9,11H2,1-2H3. The summed E-state index contributed by atoms with van der Waals surface area (Å²) in [4.78, 5) is 12.1. The first kappa shape index (κ1) is 14.4. The SMILES string of the molecule is CCc1cc(CC)n(CC(=O)Cc2ccc(F)cc2)n1. The number of hydrogen-bond donors (Lipinski definition) is 0. The van der Waals surface area contributed by atoms with Crippen LogP contribution in [-0.2, 0) is 30.6 Å². The Hall–Kier alpha value is -1.97. The molecule has 0 spiro atoms. The number of aromatic nitrogens is 2. The summed E-state index contributed by atoms with van der Waals surface area (Å²) in [7, 11) is 0. The van der Waals surface area contributed by atoms with Crippen molar-refractivity contribution in [1.82, 2.24) is 9.78 Å². The smallest absolute Gasteiger partial charge is 0.158 e. The van der Waals surface area contributed by atoms with E-state index in [1.807, 2.05) is 13.0 Å². The zero-order valence-corrected chi connectivity index (χ0v) is 11.9. The lowest BCUT2D eigenvalue weighted by molar-refractivity contribution is -0.119. The van der Waals surface area contributed by atoms with E-state index in [4.69, 9.17) is 0 Å². The highest BCUT2D eigenvalue weighted by molar-refractivity contribution is 5.80. The second kappa shape index (κ2) is 6.46. The van der Waals surface area contributed by atoms with Gasteiger partial charge in [0.25, 0.3) is 0 Å². The Balaban J connectivity index is 2.04. The van der Waals surface area contributed by atoms with Crippen LogP contribution in [0.3, 0.4) is 0 Å². The molecule has 0 unspecified atom stereocenters. The molecule has 0 saturated heterocycles. The number of carbonyl (C=O) groups is 1. The van der Waals surface area contributed by atoms with Crippen molar-refractivity contribution in [2.75, 3.05) is 0 Å². The third kappa shape index (κ3) is 3.53. The predicted octanol–water partition coefficient (Wildman–Crippen LogP) is 2.96. The van der Waals surface area contributed by atoms with E-state index in [0.29, 0.717) is 6.42 Å². The van der Waals surface area contributed by atoms with Crippen molar-refractivity contribution in [3.05, 3.63) is 53.1 Å². The van der Waals surface area contributed by atoms with Crippen molar-refractivity contribution in [3.63, 3.8) is 0 Å². The number of carbonyl (C=O) groups excluding carboxylic acids is 1. The molecular weight excluding hydrogens is 255 g/mol. The molecule has 2 aromatic rings. The Morgan fingerprint density at radius 1 is 1.20 bits per heavy atom. The van der Waals surface area contributed by atoms with Crippen LogP contribution in [0.5, 0.6) is 0 Å². The van der Waals surface area contributed by atoms with E-state index >= 15 is 0 Å². The van der Waals surface area contributed by atoms with Gasteiger partial charge in [-0.1, -0.05) is 26.0 Å². The Morgan fingerprint density at radius 3 is 2.50 bits per heavy atom. The van der Waals surface area contributed by atoms with Gasteiger partial charge in [-0.3, -0.25) is 9.48 Å². The van der Waals surface area contributed by atoms with Crippen LogP contribution < -0.4 is 0 Å². The molecule has 0 N–H and O–H groups in total. The van der Waals surface area contributed by atoms with Crippen molar-refractivity contribution in [2.24, 2.45) is 0 Å². The molecule has 0 fully saturated rings. The second-order valence-corrected chi connectivity index (χ2v) is 4.83. The Kier molecular flexibility index (Phi) is 4.66. The van der Waals surface area contributed by atoms with Gasteiger partial charge in [0.05, 0.1) is 5.69 Å². The zero-order chi connectivity index (χ0) is 14.5. The normalized spacial score (nSPS) is 10.8. The number of Topliss-reactive ketones (excluding diaryl/α,β-unsaturated/α-hetero) is 1. The molecule has 2 rings (SSSR count). The summed E-state index contributed by atoms with van der Waals surface area (Å²) in [6.45, 7) is 4.38. The first-order valence-electron chi connectivity index (χ1n) is 6.94.